The van der Waals surface area contributed by atoms with Crippen LogP contribution in [0.3, 0.4) is 0 Å². The van der Waals surface area contributed by atoms with E-state index in [1.807, 2.05) is 27.7 Å². The summed E-state index contributed by atoms with van der Waals surface area (Å²) in [5, 5.41) is 12.0. The lowest BCUT2D eigenvalue weighted by Gasteiger charge is -2.39. The highest BCUT2D eigenvalue weighted by molar-refractivity contribution is 5.81. The van der Waals surface area contributed by atoms with Crippen molar-refractivity contribution in [2.75, 3.05) is 6.54 Å². The molecular weight excluding hydrogens is 244 g/mol. The van der Waals surface area contributed by atoms with Crippen molar-refractivity contribution >= 4 is 11.9 Å². The number of nitrogens with zero attached hydrogens (tertiary/aromatic N) is 1. The van der Waals surface area contributed by atoms with Gasteiger partial charge in [-0.25, -0.2) is 0 Å². The summed E-state index contributed by atoms with van der Waals surface area (Å²) >= 11 is 0. The summed E-state index contributed by atoms with van der Waals surface area (Å²) in [4.78, 5) is 25.2. The predicted octanol–water partition coefficient (Wildman–Crippen LogP) is 1.47. The SMILES string of the molecule is CCC(C)NC(=O)C(C)N1CCC(C(=O)O)CC1C. The van der Waals surface area contributed by atoms with Crippen LogP contribution in [0.15, 0.2) is 0 Å². The van der Waals surface area contributed by atoms with E-state index >= 15 is 0 Å². The van der Waals surface area contributed by atoms with Crippen LogP contribution in [0.5, 0.6) is 0 Å². The van der Waals surface area contributed by atoms with E-state index in [0.717, 1.165) is 6.42 Å². The molecule has 1 amide bonds. The summed E-state index contributed by atoms with van der Waals surface area (Å²) in [5.41, 5.74) is 0. The second-order valence-corrected chi connectivity index (χ2v) is 5.64. The highest BCUT2D eigenvalue weighted by Gasteiger charge is 2.34. The van der Waals surface area contributed by atoms with Gasteiger partial charge in [0.2, 0.25) is 5.91 Å². The average Bonchev–Trinajstić information content (AvgIpc) is 2.37. The lowest BCUT2D eigenvalue weighted by atomic mass is 9.90. The van der Waals surface area contributed by atoms with Crippen LogP contribution in [-0.2, 0) is 9.59 Å². The lowest BCUT2D eigenvalue weighted by Crippen LogP contribution is -2.53. The molecule has 2 N–H and O–H groups in total. The minimum Gasteiger partial charge on any atom is -0.481 e. The Kier molecular flexibility index (Phi) is 5.79. The molecule has 1 saturated heterocycles. The van der Waals surface area contributed by atoms with Gasteiger partial charge >= 0.3 is 5.97 Å². The first-order valence-corrected chi connectivity index (χ1v) is 7.15. The van der Waals surface area contributed by atoms with Crippen molar-refractivity contribution in [1.82, 2.24) is 10.2 Å². The summed E-state index contributed by atoms with van der Waals surface area (Å²) < 4.78 is 0. The number of amides is 1. The van der Waals surface area contributed by atoms with E-state index in [1.165, 1.54) is 0 Å². The Balaban J connectivity index is 2.56. The molecular formula is C14H26N2O3. The van der Waals surface area contributed by atoms with Crippen LogP contribution >= 0.6 is 0 Å². The quantitative estimate of drug-likeness (QED) is 0.794. The van der Waals surface area contributed by atoms with Gasteiger partial charge in [-0.3, -0.25) is 14.5 Å². The van der Waals surface area contributed by atoms with Crippen molar-refractivity contribution in [2.24, 2.45) is 5.92 Å². The van der Waals surface area contributed by atoms with Crippen molar-refractivity contribution in [2.45, 2.75) is 65.1 Å². The molecule has 0 aliphatic carbocycles. The van der Waals surface area contributed by atoms with Crippen LogP contribution in [-0.4, -0.2) is 46.6 Å². The van der Waals surface area contributed by atoms with Crippen molar-refractivity contribution in [3.63, 3.8) is 0 Å². The molecule has 0 aromatic carbocycles. The van der Waals surface area contributed by atoms with Gasteiger partial charge in [-0.1, -0.05) is 6.92 Å². The summed E-state index contributed by atoms with van der Waals surface area (Å²) in [6.07, 6.45) is 2.16. The number of rotatable bonds is 5. The minimum absolute atomic E-state index is 0.0370. The van der Waals surface area contributed by atoms with Crippen LogP contribution in [0.25, 0.3) is 0 Å². The number of carboxylic acid groups (broad SMARTS) is 1. The molecule has 110 valence electrons. The Labute approximate surface area is 115 Å². The van der Waals surface area contributed by atoms with Gasteiger partial charge in [-0.05, 0) is 40.0 Å². The summed E-state index contributed by atoms with van der Waals surface area (Å²) in [6, 6.07) is 0.119. The van der Waals surface area contributed by atoms with Gasteiger partial charge < -0.3 is 10.4 Å². The molecule has 5 heteroatoms. The maximum atomic E-state index is 12.1. The molecule has 1 heterocycles. The van der Waals surface area contributed by atoms with Gasteiger partial charge in [0.1, 0.15) is 0 Å². The minimum atomic E-state index is -0.719. The van der Waals surface area contributed by atoms with Gasteiger partial charge in [-0.15, -0.1) is 0 Å². The number of hydrogen-bond donors (Lipinski definition) is 2. The number of carbonyl (C=O) groups is 2. The zero-order chi connectivity index (χ0) is 14.6. The Morgan fingerprint density at radius 2 is 2.05 bits per heavy atom. The molecule has 1 aliphatic heterocycles. The standard InChI is InChI=1S/C14H26N2O3/c1-5-9(2)15-13(17)11(4)16-7-6-12(14(18)19)8-10(16)3/h9-12H,5-8H2,1-4H3,(H,15,17)(H,18,19). The molecule has 0 spiro atoms. The zero-order valence-corrected chi connectivity index (χ0v) is 12.3. The van der Waals surface area contributed by atoms with E-state index in [2.05, 4.69) is 10.2 Å². The first kappa shape index (κ1) is 16.0. The Hall–Kier alpha value is -1.10. The van der Waals surface area contributed by atoms with Crippen molar-refractivity contribution in [1.29, 1.82) is 0 Å². The highest BCUT2D eigenvalue weighted by Crippen LogP contribution is 2.24. The van der Waals surface area contributed by atoms with Crippen LogP contribution in [0.1, 0.15) is 47.0 Å². The van der Waals surface area contributed by atoms with Gasteiger partial charge in [0, 0.05) is 18.6 Å². The summed E-state index contributed by atoms with van der Waals surface area (Å²) in [7, 11) is 0. The largest absolute Gasteiger partial charge is 0.481 e. The number of carbonyl (C=O) groups excluding carboxylic acids is 1. The molecule has 5 nitrogen and oxygen atoms in total. The topological polar surface area (TPSA) is 69.6 Å². The molecule has 0 aromatic heterocycles. The van der Waals surface area contributed by atoms with Gasteiger partial charge in [0.25, 0.3) is 0 Å². The second-order valence-electron chi connectivity index (χ2n) is 5.64. The van der Waals surface area contributed by atoms with E-state index in [4.69, 9.17) is 5.11 Å². The Bertz CT molecular complexity index is 333. The monoisotopic (exact) mass is 270 g/mol. The third-order valence-electron chi connectivity index (χ3n) is 4.15. The predicted molar refractivity (Wildman–Crippen MR) is 73.9 cm³/mol. The van der Waals surface area contributed by atoms with Crippen LogP contribution in [0.2, 0.25) is 0 Å². The fraction of sp³-hybridized carbons (Fsp3) is 0.857. The average molecular weight is 270 g/mol. The molecule has 4 atom stereocenters. The van der Waals surface area contributed by atoms with E-state index in [9.17, 15) is 9.59 Å². The fourth-order valence-electron chi connectivity index (χ4n) is 2.61. The molecule has 4 unspecified atom stereocenters. The molecule has 0 aromatic rings. The molecule has 0 saturated carbocycles. The smallest absolute Gasteiger partial charge is 0.306 e. The fourth-order valence-corrected chi connectivity index (χ4v) is 2.61. The maximum absolute atomic E-state index is 12.1. The first-order chi connectivity index (χ1) is 8.86. The molecule has 1 fully saturated rings. The van der Waals surface area contributed by atoms with Crippen molar-refractivity contribution < 1.29 is 14.7 Å². The molecule has 19 heavy (non-hydrogen) atoms. The number of piperidine rings is 1. The second kappa shape index (κ2) is 6.89. The molecule has 0 radical (unpaired) electrons. The number of carboxylic acids is 1. The Morgan fingerprint density at radius 1 is 1.42 bits per heavy atom. The summed E-state index contributed by atoms with van der Waals surface area (Å²) in [5.74, 6) is -0.950. The third-order valence-corrected chi connectivity index (χ3v) is 4.15. The van der Waals surface area contributed by atoms with Gasteiger partial charge in [0.05, 0.1) is 12.0 Å². The van der Waals surface area contributed by atoms with Crippen LogP contribution < -0.4 is 5.32 Å². The highest BCUT2D eigenvalue weighted by atomic mass is 16.4. The third kappa shape index (κ3) is 4.20. The molecule has 0 bridgehead atoms. The van der Waals surface area contributed by atoms with Crippen molar-refractivity contribution in [3.05, 3.63) is 0 Å². The Morgan fingerprint density at radius 3 is 2.53 bits per heavy atom. The van der Waals surface area contributed by atoms with Crippen LogP contribution in [0.4, 0.5) is 0 Å². The maximum Gasteiger partial charge on any atom is 0.306 e. The van der Waals surface area contributed by atoms with E-state index in [1.54, 1.807) is 0 Å². The van der Waals surface area contributed by atoms with E-state index in [0.29, 0.717) is 19.4 Å². The van der Waals surface area contributed by atoms with Crippen molar-refractivity contribution in [3.8, 4) is 0 Å². The van der Waals surface area contributed by atoms with Crippen LogP contribution in [0, 0.1) is 5.92 Å². The number of nitrogens with one attached hydrogen (secondary N) is 1. The van der Waals surface area contributed by atoms with Gasteiger partial charge in [-0.2, -0.15) is 0 Å². The number of hydrogen-bond acceptors (Lipinski definition) is 3. The molecule has 1 aliphatic rings. The van der Waals surface area contributed by atoms with E-state index < -0.39 is 5.97 Å². The normalized spacial score (nSPS) is 27.6. The van der Waals surface area contributed by atoms with Gasteiger partial charge in [0.15, 0.2) is 0 Å². The number of aliphatic carboxylic acids is 1. The molecule has 1 rings (SSSR count). The first-order valence-electron chi connectivity index (χ1n) is 7.15. The number of likely N-dealkylation sites (tertiary alicyclic amines) is 1. The zero-order valence-electron chi connectivity index (χ0n) is 12.3. The lowest BCUT2D eigenvalue weighted by molar-refractivity contribution is -0.144. The summed E-state index contributed by atoms with van der Waals surface area (Å²) in [6.45, 7) is 8.60. The van der Waals surface area contributed by atoms with E-state index in [-0.39, 0.29) is 30.0 Å².